The molecule has 0 fully saturated rings. The maximum atomic E-state index is 5.28. The first-order valence-electron chi connectivity index (χ1n) is 20.7. The monoisotopic (exact) mass is 809 g/mol. The minimum Gasteiger partial charge on any atom is -0.255 e. The molecular weight excluding hydrogens is 775 g/mol. The van der Waals surface area contributed by atoms with Gasteiger partial charge in [0.15, 0.2) is 5.82 Å². The molecule has 0 N–H and O–H groups in total. The second kappa shape index (κ2) is 14.7. The third-order valence-electron chi connectivity index (χ3n) is 12.1. The van der Waals surface area contributed by atoms with E-state index in [0.29, 0.717) is 5.82 Å². The fourth-order valence-corrected chi connectivity index (χ4v) is 10.5. The number of pyridine rings is 3. The molecule has 5 nitrogen and oxygen atoms in total. The molecule has 2 aliphatic rings. The molecule has 0 bridgehead atoms. The fourth-order valence-electron chi connectivity index (χ4n) is 9.30. The van der Waals surface area contributed by atoms with Gasteiger partial charge in [-0.25, -0.2) is 15.0 Å². The number of benzene rings is 6. The van der Waals surface area contributed by atoms with Crippen LogP contribution in [0.1, 0.15) is 22.3 Å². The van der Waals surface area contributed by atoms with Gasteiger partial charge < -0.3 is 0 Å². The Balaban J connectivity index is 1.10. The van der Waals surface area contributed by atoms with Gasteiger partial charge in [0.25, 0.3) is 0 Å². The van der Waals surface area contributed by atoms with Crippen molar-refractivity contribution in [3.63, 3.8) is 0 Å². The molecule has 0 unspecified atom stereocenters. The Labute approximate surface area is 364 Å². The molecule has 1 aliphatic heterocycles. The third kappa shape index (κ3) is 5.91. The molecule has 6 heteroatoms. The SMILES string of the molecule is c1ccc(-c2cc(-c3ccc4c(c3)C3(c5cc(-c6cc(-c7ccccn7)nc(-c7ccccn7)c6)ccc5S4)c4ccccc4-c4ccccc43)nc(-c3ccccc3)n2)cc1. The zero-order valence-corrected chi connectivity index (χ0v) is 34.2. The molecule has 290 valence electrons. The van der Waals surface area contributed by atoms with Crippen molar-refractivity contribution in [2.24, 2.45) is 0 Å². The average molecular weight is 810 g/mol. The summed E-state index contributed by atoms with van der Waals surface area (Å²) in [5.74, 6) is 0.697. The largest absolute Gasteiger partial charge is 0.255 e. The van der Waals surface area contributed by atoms with Gasteiger partial charge in [0.2, 0.25) is 0 Å². The van der Waals surface area contributed by atoms with E-state index in [1.807, 2.05) is 84.8 Å². The van der Waals surface area contributed by atoms with Crippen molar-refractivity contribution >= 4 is 11.8 Å². The molecule has 6 aromatic carbocycles. The Morgan fingerprint density at radius 3 is 1.39 bits per heavy atom. The van der Waals surface area contributed by atoms with Gasteiger partial charge in [0.05, 0.1) is 39.6 Å². The summed E-state index contributed by atoms with van der Waals surface area (Å²) < 4.78 is 0. The van der Waals surface area contributed by atoms with Crippen molar-refractivity contribution in [3.8, 4) is 78.9 Å². The zero-order chi connectivity index (χ0) is 41.0. The molecule has 0 atom stereocenters. The van der Waals surface area contributed by atoms with Crippen molar-refractivity contribution in [2.75, 3.05) is 0 Å². The predicted molar refractivity (Wildman–Crippen MR) is 249 cm³/mol. The Morgan fingerprint density at radius 1 is 0.306 bits per heavy atom. The Bertz CT molecular complexity index is 2980. The first-order chi connectivity index (χ1) is 30.7. The predicted octanol–water partition coefficient (Wildman–Crippen LogP) is 13.5. The smallest absolute Gasteiger partial charge is 0.160 e. The average Bonchev–Trinajstić information content (AvgIpc) is 3.65. The first-order valence-corrected chi connectivity index (χ1v) is 21.5. The van der Waals surface area contributed by atoms with E-state index in [4.69, 9.17) is 24.9 Å². The molecule has 12 rings (SSSR count). The highest BCUT2D eigenvalue weighted by molar-refractivity contribution is 7.99. The van der Waals surface area contributed by atoms with Crippen molar-refractivity contribution in [2.45, 2.75) is 15.2 Å². The summed E-state index contributed by atoms with van der Waals surface area (Å²) in [6.45, 7) is 0. The summed E-state index contributed by atoms with van der Waals surface area (Å²) >= 11 is 1.84. The number of rotatable bonds is 6. The Kier molecular flexibility index (Phi) is 8.57. The van der Waals surface area contributed by atoms with Crippen LogP contribution >= 0.6 is 11.8 Å². The van der Waals surface area contributed by atoms with Crippen molar-refractivity contribution < 1.29 is 0 Å². The van der Waals surface area contributed by atoms with E-state index < -0.39 is 5.41 Å². The van der Waals surface area contributed by atoms with Crippen LogP contribution in [0.15, 0.2) is 222 Å². The van der Waals surface area contributed by atoms with Crippen LogP contribution in [0.2, 0.25) is 0 Å². The maximum Gasteiger partial charge on any atom is 0.160 e. The molecule has 1 spiro atoms. The van der Waals surface area contributed by atoms with Gasteiger partial charge in [-0.15, -0.1) is 0 Å². The van der Waals surface area contributed by atoms with Gasteiger partial charge in [-0.05, 0) is 111 Å². The van der Waals surface area contributed by atoms with Crippen LogP contribution in [-0.2, 0) is 5.41 Å². The second-order valence-corrected chi connectivity index (χ2v) is 16.7. The van der Waals surface area contributed by atoms with Crippen LogP contribution in [-0.4, -0.2) is 24.9 Å². The van der Waals surface area contributed by atoms with Crippen LogP contribution in [0.4, 0.5) is 0 Å². The molecule has 0 saturated heterocycles. The van der Waals surface area contributed by atoms with E-state index in [1.165, 1.54) is 43.2 Å². The molecule has 0 radical (unpaired) electrons. The van der Waals surface area contributed by atoms with Gasteiger partial charge in [-0.1, -0.05) is 145 Å². The van der Waals surface area contributed by atoms with E-state index in [2.05, 4.69) is 140 Å². The molecule has 0 amide bonds. The summed E-state index contributed by atoms with van der Waals surface area (Å²) in [6.07, 6.45) is 3.63. The summed E-state index contributed by atoms with van der Waals surface area (Å²) in [4.78, 5) is 27.3. The molecule has 10 aromatic rings. The molecule has 5 heterocycles. The van der Waals surface area contributed by atoms with E-state index >= 15 is 0 Å². The van der Waals surface area contributed by atoms with Crippen LogP contribution < -0.4 is 0 Å². The lowest BCUT2D eigenvalue weighted by atomic mass is 9.66. The van der Waals surface area contributed by atoms with Crippen molar-refractivity contribution in [3.05, 3.63) is 235 Å². The number of fused-ring (bicyclic) bond motifs is 9. The number of aromatic nitrogens is 5. The first kappa shape index (κ1) is 36.1. The van der Waals surface area contributed by atoms with Gasteiger partial charge in [-0.2, -0.15) is 0 Å². The van der Waals surface area contributed by atoms with Crippen molar-refractivity contribution in [1.29, 1.82) is 0 Å². The highest BCUT2D eigenvalue weighted by Gasteiger charge is 2.50. The molecule has 62 heavy (non-hydrogen) atoms. The van der Waals surface area contributed by atoms with E-state index in [1.54, 1.807) is 0 Å². The molecule has 4 aromatic heterocycles. The van der Waals surface area contributed by atoms with Crippen LogP contribution in [0.25, 0.3) is 78.9 Å². The fraction of sp³-hybridized carbons (Fsp3) is 0.0179. The van der Waals surface area contributed by atoms with Crippen molar-refractivity contribution in [1.82, 2.24) is 24.9 Å². The normalized spacial score (nSPS) is 12.9. The van der Waals surface area contributed by atoms with E-state index in [9.17, 15) is 0 Å². The van der Waals surface area contributed by atoms with Gasteiger partial charge >= 0.3 is 0 Å². The zero-order valence-electron chi connectivity index (χ0n) is 33.4. The molecule has 0 saturated carbocycles. The van der Waals surface area contributed by atoms with Crippen LogP contribution in [0, 0.1) is 0 Å². The molecule has 1 aliphatic carbocycles. The lowest BCUT2D eigenvalue weighted by Crippen LogP contribution is -2.32. The van der Waals surface area contributed by atoms with Crippen LogP contribution in [0.3, 0.4) is 0 Å². The topological polar surface area (TPSA) is 64.5 Å². The van der Waals surface area contributed by atoms with Gasteiger partial charge in [0, 0.05) is 38.9 Å². The highest BCUT2D eigenvalue weighted by Crippen LogP contribution is 2.63. The highest BCUT2D eigenvalue weighted by atomic mass is 32.2. The second-order valence-electron chi connectivity index (χ2n) is 15.6. The summed E-state index contributed by atoms with van der Waals surface area (Å²) in [5, 5.41) is 0. The molecular formula is C56H35N5S. The number of hydrogen-bond donors (Lipinski definition) is 0. The Hall–Kier alpha value is -7.80. The lowest BCUT2D eigenvalue weighted by molar-refractivity contribution is 0.723. The Morgan fingerprint density at radius 2 is 0.806 bits per heavy atom. The minimum absolute atomic E-state index is 0.618. The quantitative estimate of drug-likeness (QED) is 0.167. The van der Waals surface area contributed by atoms with E-state index in [0.717, 1.165) is 62.0 Å². The lowest BCUT2D eigenvalue weighted by Gasteiger charge is -2.40. The summed E-state index contributed by atoms with van der Waals surface area (Å²) in [6, 6.07) is 70.8. The summed E-state index contributed by atoms with van der Waals surface area (Å²) in [5.41, 5.74) is 17.1. The minimum atomic E-state index is -0.618. The summed E-state index contributed by atoms with van der Waals surface area (Å²) in [7, 11) is 0. The third-order valence-corrected chi connectivity index (χ3v) is 13.2. The maximum absolute atomic E-state index is 5.28. The van der Waals surface area contributed by atoms with Crippen LogP contribution in [0.5, 0.6) is 0 Å². The number of hydrogen-bond acceptors (Lipinski definition) is 6. The van der Waals surface area contributed by atoms with Gasteiger partial charge in [-0.3, -0.25) is 9.97 Å². The number of nitrogens with zero attached hydrogens (tertiary/aromatic N) is 5. The van der Waals surface area contributed by atoms with Gasteiger partial charge in [0.1, 0.15) is 0 Å². The standard InChI is InChI=1S/C56H35N5S/c1-3-15-36(16-4-1)49-35-50(61-55(60-49)37-17-5-2-6-18-37)39-26-28-54-46(32-39)56(43-21-9-7-19-41(43)42-20-8-10-22-44(42)56)45-31-38(25-27-53(45)62-54)40-33-51(47-23-11-13-29-57-47)59-52(34-40)48-24-12-14-30-58-48/h1-35H. The van der Waals surface area contributed by atoms with E-state index in [-0.39, 0.29) is 0 Å².